The van der Waals surface area contributed by atoms with Gasteiger partial charge in [0, 0.05) is 16.6 Å². The van der Waals surface area contributed by atoms with Crippen molar-refractivity contribution in [1.82, 2.24) is 0 Å². The number of nitrogens with one attached hydrogen (secondary N) is 1. The van der Waals surface area contributed by atoms with Gasteiger partial charge in [-0.25, -0.2) is 0 Å². The average Bonchev–Trinajstić information content (AvgIpc) is 3.25. The number of rotatable bonds is 3. The summed E-state index contributed by atoms with van der Waals surface area (Å²) in [4.78, 5) is 12.3. The average molecular weight is 303 g/mol. The van der Waals surface area contributed by atoms with Crippen LogP contribution in [0.2, 0.25) is 0 Å². The summed E-state index contributed by atoms with van der Waals surface area (Å²) in [5.41, 5.74) is 2.35. The van der Waals surface area contributed by atoms with Gasteiger partial charge in [-0.2, -0.15) is 0 Å². The number of hydrogen-bond donors (Lipinski definition) is 1. The lowest BCUT2D eigenvalue weighted by Crippen LogP contribution is -2.10. The first-order chi connectivity index (χ1) is 11.3. The molecule has 2 aromatic carbocycles. The van der Waals surface area contributed by atoms with E-state index in [1.807, 2.05) is 60.7 Å². The van der Waals surface area contributed by atoms with Gasteiger partial charge in [-0.3, -0.25) is 4.79 Å². The fourth-order valence-corrected chi connectivity index (χ4v) is 2.45. The molecule has 0 unspecified atom stereocenters. The first-order valence-electron chi connectivity index (χ1n) is 7.23. The second-order valence-corrected chi connectivity index (χ2v) is 5.16. The van der Waals surface area contributed by atoms with Crippen LogP contribution in [0.15, 0.2) is 81.8 Å². The summed E-state index contributed by atoms with van der Waals surface area (Å²) in [6.45, 7) is 0. The number of carbonyl (C=O) groups is 1. The Kier molecular flexibility index (Phi) is 3.20. The lowest BCUT2D eigenvalue weighted by molar-refractivity contribution is 0.0998. The van der Waals surface area contributed by atoms with E-state index < -0.39 is 0 Å². The first kappa shape index (κ1) is 13.4. The standard InChI is InChI=1S/C19H13NO3/c21-19(18-12-14-4-1-2-5-17(14)23-18)20-15-9-7-13(8-10-15)16-6-3-11-22-16/h1-12H,(H,20,21). The highest BCUT2D eigenvalue weighted by atomic mass is 16.3. The number of para-hydroxylation sites is 1. The van der Waals surface area contributed by atoms with Crippen molar-refractivity contribution in [3.63, 3.8) is 0 Å². The third kappa shape index (κ3) is 2.62. The van der Waals surface area contributed by atoms with E-state index in [4.69, 9.17) is 8.83 Å². The summed E-state index contributed by atoms with van der Waals surface area (Å²) in [5, 5.41) is 3.74. The highest BCUT2D eigenvalue weighted by molar-refractivity contribution is 6.04. The fraction of sp³-hybridized carbons (Fsp3) is 0. The van der Waals surface area contributed by atoms with Gasteiger partial charge in [-0.1, -0.05) is 18.2 Å². The Hall–Kier alpha value is -3.27. The second-order valence-electron chi connectivity index (χ2n) is 5.16. The van der Waals surface area contributed by atoms with Crippen LogP contribution in [0.1, 0.15) is 10.6 Å². The number of fused-ring (bicyclic) bond motifs is 1. The highest BCUT2D eigenvalue weighted by Gasteiger charge is 2.12. The zero-order valence-electron chi connectivity index (χ0n) is 12.2. The van der Waals surface area contributed by atoms with Gasteiger partial charge < -0.3 is 14.2 Å². The molecule has 0 saturated heterocycles. The van der Waals surface area contributed by atoms with Crippen molar-refractivity contribution in [2.45, 2.75) is 0 Å². The van der Waals surface area contributed by atoms with E-state index in [-0.39, 0.29) is 5.91 Å². The summed E-state index contributed by atoms with van der Waals surface area (Å²) in [7, 11) is 0. The Morgan fingerprint density at radius 2 is 1.74 bits per heavy atom. The van der Waals surface area contributed by atoms with Gasteiger partial charge in [0.2, 0.25) is 0 Å². The summed E-state index contributed by atoms with van der Waals surface area (Å²) in [6, 6.07) is 20.5. The molecule has 1 N–H and O–H groups in total. The van der Waals surface area contributed by atoms with Crippen molar-refractivity contribution in [2.24, 2.45) is 0 Å². The Morgan fingerprint density at radius 3 is 2.48 bits per heavy atom. The molecule has 0 fully saturated rings. The molecule has 4 heteroatoms. The first-order valence-corrected chi connectivity index (χ1v) is 7.23. The maximum Gasteiger partial charge on any atom is 0.291 e. The van der Waals surface area contributed by atoms with Crippen LogP contribution in [-0.2, 0) is 0 Å². The number of carbonyl (C=O) groups excluding carboxylic acids is 1. The van der Waals surface area contributed by atoms with Crippen LogP contribution >= 0.6 is 0 Å². The molecule has 0 bridgehead atoms. The molecule has 2 aromatic heterocycles. The number of anilines is 1. The van der Waals surface area contributed by atoms with E-state index in [1.165, 1.54) is 0 Å². The Morgan fingerprint density at radius 1 is 0.913 bits per heavy atom. The lowest BCUT2D eigenvalue weighted by Gasteiger charge is -2.04. The van der Waals surface area contributed by atoms with Gasteiger partial charge in [0.1, 0.15) is 11.3 Å². The minimum absolute atomic E-state index is 0.271. The summed E-state index contributed by atoms with van der Waals surface area (Å²) in [5.74, 6) is 0.813. The van der Waals surface area contributed by atoms with Gasteiger partial charge in [0.25, 0.3) is 5.91 Å². The third-order valence-electron chi connectivity index (χ3n) is 3.60. The molecule has 4 aromatic rings. The Balaban J connectivity index is 1.54. The smallest absolute Gasteiger partial charge is 0.291 e. The van der Waals surface area contributed by atoms with Crippen LogP contribution in [0.5, 0.6) is 0 Å². The fourth-order valence-electron chi connectivity index (χ4n) is 2.45. The molecule has 0 aliphatic heterocycles. The van der Waals surface area contributed by atoms with E-state index in [1.54, 1.807) is 12.3 Å². The van der Waals surface area contributed by atoms with E-state index >= 15 is 0 Å². The van der Waals surface area contributed by atoms with E-state index in [0.29, 0.717) is 17.0 Å². The molecule has 0 aliphatic carbocycles. The molecule has 2 heterocycles. The molecule has 4 nitrogen and oxygen atoms in total. The van der Waals surface area contributed by atoms with Crippen molar-refractivity contribution in [3.05, 3.63) is 78.8 Å². The van der Waals surface area contributed by atoms with Gasteiger partial charge >= 0.3 is 0 Å². The van der Waals surface area contributed by atoms with Gasteiger partial charge in [0.05, 0.1) is 6.26 Å². The van der Waals surface area contributed by atoms with Crippen LogP contribution < -0.4 is 5.32 Å². The van der Waals surface area contributed by atoms with Gasteiger partial charge in [-0.05, 0) is 48.5 Å². The topological polar surface area (TPSA) is 55.4 Å². The van der Waals surface area contributed by atoms with E-state index in [2.05, 4.69) is 5.32 Å². The largest absolute Gasteiger partial charge is 0.464 e. The Labute approximate surface area is 132 Å². The number of benzene rings is 2. The van der Waals surface area contributed by atoms with Crippen molar-refractivity contribution in [2.75, 3.05) is 5.32 Å². The van der Waals surface area contributed by atoms with Crippen molar-refractivity contribution in [3.8, 4) is 11.3 Å². The molecule has 0 aliphatic rings. The molecule has 0 atom stereocenters. The molecular formula is C19H13NO3. The number of furan rings is 2. The maximum absolute atomic E-state index is 12.3. The number of amides is 1. The minimum atomic E-state index is -0.271. The predicted octanol–water partition coefficient (Wildman–Crippen LogP) is 4.95. The third-order valence-corrected chi connectivity index (χ3v) is 3.60. The van der Waals surface area contributed by atoms with E-state index in [9.17, 15) is 4.79 Å². The molecule has 23 heavy (non-hydrogen) atoms. The summed E-state index contributed by atoms with van der Waals surface area (Å²) in [6.07, 6.45) is 1.63. The molecule has 0 spiro atoms. The zero-order valence-corrected chi connectivity index (χ0v) is 12.2. The van der Waals surface area contributed by atoms with Crippen molar-refractivity contribution in [1.29, 1.82) is 0 Å². The maximum atomic E-state index is 12.3. The number of hydrogen-bond acceptors (Lipinski definition) is 3. The van der Waals surface area contributed by atoms with Gasteiger partial charge in [0.15, 0.2) is 5.76 Å². The molecular weight excluding hydrogens is 290 g/mol. The van der Waals surface area contributed by atoms with Crippen LogP contribution in [0, 0.1) is 0 Å². The second kappa shape index (κ2) is 5.50. The normalized spacial score (nSPS) is 10.8. The zero-order chi connectivity index (χ0) is 15.6. The van der Waals surface area contributed by atoms with Crippen LogP contribution in [-0.4, -0.2) is 5.91 Å². The van der Waals surface area contributed by atoms with Gasteiger partial charge in [-0.15, -0.1) is 0 Å². The van der Waals surface area contributed by atoms with Crippen molar-refractivity contribution >= 4 is 22.6 Å². The summed E-state index contributed by atoms with van der Waals surface area (Å²) < 4.78 is 10.9. The van der Waals surface area contributed by atoms with Crippen molar-refractivity contribution < 1.29 is 13.6 Å². The minimum Gasteiger partial charge on any atom is -0.464 e. The molecule has 1 amide bonds. The SMILES string of the molecule is O=C(Nc1ccc(-c2ccco2)cc1)c1cc2ccccc2o1. The van der Waals surface area contributed by atoms with Crippen LogP contribution in [0.25, 0.3) is 22.3 Å². The summed E-state index contributed by atoms with van der Waals surface area (Å²) >= 11 is 0. The quantitative estimate of drug-likeness (QED) is 0.583. The van der Waals surface area contributed by atoms with E-state index in [0.717, 1.165) is 16.7 Å². The molecule has 4 rings (SSSR count). The predicted molar refractivity (Wildman–Crippen MR) is 88.3 cm³/mol. The lowest BCUT2D eigenvalue weighted by atomic mass is 10.1. The molecule has 0 saturated carbocycles. The monoisotopic (exact) mass is 303 g/mol. The highest BCUT2D eigenvalue weighted by Crippen LogP contribution is 2.23. The molecule has 0 radical (unpaired) electrons. The van der Waals surface area contributed by atoms with Crippen LogP contribution in [0.4, 0.5) is 5.69 Å². The van der Waals surface area contributed by atoms with Crippen LogP contribution in [0.3, 0.4) is 0 Å². The molecule has 112 valence electrons. The Bertz CT molecular complexity index is 917.